The molecule has 0 fully saturated rings. The number of hydrogen-bond donors (Lipinski definition) is 4. The van der Waals surface area contributed by atoms with E-state index in [2.05, 4.69) is 85.2 Å². The molecule has 0 spiro atoms. The Morgan fingerprint density at radius 2 is 1.04 bits per heavy atom. The molecule has 0 radical (unpaired) electrons. The predicted octanol–water partition coefficient (Wildman–Crippen LogP) is 10.5. The summed E-state index contributed by atoms with van der Waals surface area (Å²) in [5, 5.41) is 22.5. The van der Waals surface area contributed by atoms with Crippen LogP contribution in [0.4, 0.5) is 0 Å². The topological polar surface area (TPSA) is 142 Å². The number of carbonyl (C=O) groups excluding carboxylic acids is 3. The number of aliphatic carboxylic acids is 1. The Balaban J connectivity index is 4.27. The van der Waals surface area contributed by atoms with Gasteiger partial charge in [0.05, 0.1) is 13.2 Å². The van der Waals surface area contributed by atoms with Crippen LogP contribution in [0.25, 0.3) is 0 Å². The third kappa shape index (κ3) is 37.2. The van der Waals surface area contributed by atoms with Crippen molar-refractivity contribution in [3.8, 4) is 0 Å². The highest BCUT2D eigenvalue weighted by Gasteiger charge is 2.19. The fourth-order valence-electron chi connectivity index (χ4n) is 5.98. The van der Waals surface area contributed by atoms with Crippen LogP contribution in [0.2, 0.25) is 0 Å². The van der Waals surface area contributed by atoms with Crippen LogP contribution >= 0.6 is 0 Å². The second-order valence-electron chi connectivity index (χ2n) is 14.4. The van der Waals surface area contributed by atoms with Crippen molar-refractivity contribution in [2.24, 2.45) is 0 Å². The third-order valence-corrected chi connectivity index (χ3v) is 9.28. The molecule has 9 nitrogen and oxygen atoms in total. The molecule has 9 heteroatoms. The molecule has 0 aliphatic heterocycles. The van der Waals surface area contributed by atoms with Crippen molar-refractivity contribution in [3.63, 3.8) is 0 Å². The van der Waals surface area contributed by atoms with E-state index in [1.54, 1.807) is 0 Å². The molecule has 314 valence electrons. The average molecular weight is 771 g/mol. The van der Waals surface area contributed by atoms with Gasteiger partial charge in [0.15, 0.2) is 0 Å². The van der Waals surface area contributed by atoms with Gasteiger partial charge in [0.2, 0.25) is 11.8 Å². The molecule has 0 aromatic heterocycles. The molecule has 0 saturated heterocycles. The molecule has 0 saturated carbocycles. The summed E-state index contributed by atoms with van der Waals surface area (Å²) in [5.41, 5.74) is 0. The summed E-state index contributed by atoms with van der Waals surface area (Å²) in [6, 6.07) is -1.39. The Bertz CT molecular complexity index is 1110. The number of carbonyl (C=O) groups is 4. The summed E-state index contributed by atoms with van der Waals surface area (Å²) in [4.78, 5) is 47.5. The van der Waals surface area contributed by atoms with Crippen LogP contribution in [0.5, 0.6) is 0 Å². The normalized spacial score (nSPS) is 13.1. The SMILES string of the molecule is CC/C=C\C/C=C\C/C=C\C/C=C\C/C=C\CCCCCC(=O)OC(CCCCCCCCCC)CCCCCCCC(=O)NCC(=O)NC(CO)C(=O)O. The summed E-state index contributed by atoms with van der Waals surface area (Å²) >= 11 is 0. The quantitative estimate of drug-likeness (QED) is 0.0278. The highest BCUT2D eigenvalue weighted by atomic mass is 16.5. The first-order valence-corrected chi connectivity index (χ1v) is 21.7. The molecule has 0 aromatic carbocycles. The van der Waals surface area contributed by atoms with Gasteiger partial charge in [-0.2, -0.15) is 0 Å². The first-order chi connectivity index (χ1) is 26.8. The van der Waals surface area contributed by atoms with E-state index < -0.39 is 24.5 Å². The monoisotopic (exact) mass is 771 g/mol. The first-order valence-electron chi connectivity index (χ1n) is 21.7. The first kappa shape index (κ1) is 51.5. The summed E-state index contributed by atoms with van der Waals surface area (Å²) < 4.78 is 5.99. The highest BCUT2D eigenvalue weighted by Crippen LogP contribution is 2.18. The number of carboxylic acid groups (broad SMARTS) is 1. The molecule has 4 N–H and O–H groups in total. The van der Waals surface area contributed by atoms with E-state index in [1.807, 2.05) is 0 Å². The van der Waals surface area contributed by atoms with Gasteiger partial charge >= 0.3 is 11.9 Å². The zero-order valence-corrected chi connectivity index (χ0v) is 34.7. The smallest absolute Gasteiger partial charge is 0.328 e. The van der Waals surface area contributed by atoms with E-state index in [0.29, 0.717) is 12.8 Å². The minimum Gasteiger partial charge on any atom is -0.480 e. The molecular formula is C46H78N2O7. The Morgan fingerprint density at radius 1 is 0.564 bits per heavy atom. The van der Waals surface area contributed by atoms with Gasteiger partial charge in [-0.1, -0.05) is 145 Å². The molecule has 0 bridgehead atoms. The molecule has 0 aliphatic carbocycles. The lowest BCUT2D eigenvalue weighted by atomic mass is 10.0. The van der Waals surface area contributed by atoms with Crippen molar-refractivity contribution in [3.05, 3.63) is 60.8 Å². The van der Waals surface area contributed by atoms with Crippen LogP contribution in [-0.4, -0.2) is 59.3 Å². The largest absolute Gasteiger partial charge is 0.480 e. The molecule has 2 amide bonds. The third-order valence-electron chi connectivity index (χ3n) is 9.28. The summed E-state index contributed by atoms with van der Waals surface area (Å²) in [6.07, 6.45) is 48.2. The highest BCUT2D eigenvalue weighted by molar-refractivity contribution is 5.87. The van der Waals surface area contributed by atoms with Gasteiger partial charge in [0.25, 0.3) is 0 Å². The van der Waals surface area contributed by atoms with Crippen molar-refractivity contribution in [1.82, 2.24) is 10.6 Å². The van der Waals surface area contributed by atoms with Crippen molar-refractivity contribution in [2.45, 2.75) is 193 Å². The maximum atomic E-state index is 12.7. The average Bonchev–Trinajstić information content (AvgIpc) is 3.17. The zero-order valence-electron chi connectivity index (χ0n) is 34.7. The maximum Gasteiger partial charge on any atom is 0.328 e. The fraction of sp³-hybridized carbons (Fsp3) is 0.696. The van der Waals surface area contributed by atoms with Gasteiger partial charge in [0, 0.05) is 12.8 Å². The summed E-state index contributed by atoms with van der Waals surface area (Å²) in [5.74, 6) is -2.33. The van der Waals surface area contributed by atoms with E-state index >= 15 is 0 Å². The number of rotatable bonds is 38. The molecule has 0 aliphatic rings. The summed E-state index contributed by atoms with van der Waals surface area (Å²) in [6.45, 7) is 3.34. The van der Waals surface area contributed by atoms with Gasteiger partial charge in [-0.15, -0.1) is 0 Å². The lowest BCUT2D eigenvalue weighted by molar-refractivity contribution is -0.150. The van der Waals surface area contributed by atoms with E-state index in [9.17, 15) is 19.2 Å². The van der Waals surface area contributed by atoms with Crippen LogP contribution in [0.3, 0.4) is 0 Å². The van der Waals surface area contributed by atoms with Gasteiger partial charge in [-0.3, -0.25) is 14.4 Å². The molecule has 0 heterocycles. The molecule has 0 rings (SSSR count). The number of carboxylic acids is 1. The number of hydrogen-bond acceptors (Lipinski definition) is 6. The number of amides is 2. The van der Waals surface area contributed by atoms with Crippen LogP contribution in [-0.2, 0) is 23.9 Å². The Labute approximate surface area is 334 Å². The lowest BCUT2D eigenvalue weighted by Crippen LogP contribution is -2.47. The Kier molecular flexibility index (Phi) is 37.7. The van der Waals surface area contributed by atoms with E-state index in [1.165, 1.54) is 44.9 Å². The van der Waals surface area contributed by atoms with Gasteiger partial charge < -0.3 is 25.6 Å². The van der Waals surface area contributed by atoms with Crippen LogP contribution < -0.4 is 10.6 Å². The predicted molar refractivity (Wildman–Crippen MR) is 227 cm³/mol. The van der Waals surface area contributed by atoms with Gasteiger partial charge in [0.1, 0.15) is 12.1 Å². The Hall–Kier alpha value is -3.46. The molecule has 2 atom stereocenters. The second-order valence-corrected chi connectivity index (χ2v) is 14.4. The number of esters is 1. The molecule has 55 heavy (non-hydrogen) atoms. The maximum absolute atomic E-state index is 12.7. The second kappa shape index (κ2) is 40.2. The zero-order chi connectivity index (χ0) is 40.5. The van der Waals surface area contributed by atoms with E-state index in [-0.39, 0.29) is 30.9 Å². The minimum atomic E-state index is -1.39. The van der Waals surface area contributed by atoms with Gasteiger partial charge in [-0.25, -0.2) is 4.79 Å². The minimum absolute atomic E-state index is 0.0302. The Morgan fingerprint density at radius 3 is 1.56 bits per heavy atom. The van der Waals surface area contributed by atoms with Crippen LogP contribution in [0.1, 0.15) is 181 Å². The number of aliphatic hydroxyl groups excluding tert-OH is 1. The number of unbranched alkanes of at least 4 members (excludes halogenated alkanes) is 14. The summed E-state index contributed by atoms with van der Waals surface area (Å²) in [7, 11) is 0. The van der Waals surface area contributed by atoms with E-state index in [0.717, 1.165) is 103 Å². The standard InChI is InChI=1S/C46H78N2O7/c1-3-5-7-9-11-13-14-15-16-17-18-19-20-21-22-23-25-30-34-38-45(52)55-41(35-31-27-24-12-10-8-6-4-2)36-32-28-26-29-33-37-43(50)47-39-44(51)48-42(40-49)46(53)54/h5,7,11,13,15-16,18-19,21-22,41-42,49H,3-4,6,8-10,12,14,17,20,23-40H2,1-2H3,(H,47,50)(H,48,51)(H,53,54)/b7-5-,13-11-,16-15-,19-18-,22-21-. The number of ether oxygens (including phenoxy) is 1. The van der Waals surface area contributed by atoms with Crippen molar-refractivity contribution in [1.29, 1.82) is 0 Å². The van der Waals surface area contributed by atoms with Crippen molar-refractivity contribution in [2.75, 3.05) is 13.2 Å². The lowest BCUT2D eigenvalue weighted by Gasteiger charge is -2.18. The van der Waals surface area contributed by atoms with Crippen molar-refractivity contribution < 1.29 is 34.1 Å². The number of nitrogens with one attached hydrogen (secondary N) is 2. The van der Waals surface area contributed by atoms with Crippen LogP contribution in [0, 0.1) is 0 Å². The number of aliphatic hydroxyl groups is 1. The number of allylic oxidation sites excluding steroid dienone is 10. The molecule has 0 aromatic rings. The van der Waals surface area contributed by atoms with Gasteiger partial charge in [-0.05, 0) is 83.5 Å². The molecular weight excluding hydrogens is 693 g/mol. The fourth-order valence-corrected chi connectivity index (χ4v) is 5.98. The van der Waals surface area contributed by atoms with E-state index in [4.69, 9.17) is 14.9 Å². The van der Waals surface area contributed by atoms with Crippen molar-refractivity contribution >= 4 is 23.8 Å². The van der Waals surface area contributed by atoms with Crippen LogP contribution in [0.15, 0.2) is 60.8 Å². The molecule has 2 unspecified atom stereocenters.